The molecule has 2 heterocycles. The average molecular weight is 186 g/mol. The molecule has 0 spiro atoms. The third-order valence-electron chi connectivity index (χ3n) is 3.23. The second-order valence-corrected chi connectivity index (χ2v) is 4.26. The Kier molecular flexibility index (Phi) is 1.16. The number of hydrogen-bond donors (Lipinski definition) is 0. The maximum Gasteiger partial charge on any atom is 0.330 e. The summed E-state index contributed by atoms with van der Waals surface area (Å²) in [6, 6.07) is 3.11. The van der Waals surface area contributed by atoms with Crippen LogP contribution in [0.2, 0.25) is 0 Å². The molecule has 2 atom stereocenters. The van der Waals surface area contributed by atoms with Gasteiger partial charge in [0.25, 0.3) is 0 Å². The molecule has 0 radical (unpaired) electrons. The molecule has 3 nitrogen and oxygen atoms in total. The Balaban J connectivity index is 2.21. The third kappa shape index (κ3) is 0.664. The van der Waals surface area contributed by atoms with Crippen LogP contribution in [0.5, 0.6) is 0 Å². The molecule has 3 rings (SSSR count). The van der Waals surface area contributed by atoms with E-state index in [-0.39, 0.29) is 5.54 Å². The molecule has 0 aromatic carbocycles. The van der Waals surface area contributed by atoms with Crippen molar-refractivity contribution in [2.45, 2.75) is 26.3 Å². The Morgan fingerprint density at radius 2 is 2.36 bits per heavy atom. The number of nitrogens with zero attached hydrogens (tertiary/aromatic N) is 3. The normalized spacial score (nSPS) is 36.9. The van der Waals surface area contributed by atoms with E-state index in [9.17, 15) is 0 Å². The fraction of sp³-hybridized carbons (Fsp3) is 0.455. The lowest BCUT2D eigenvalue weighted by Crippen LogP contribution is -2.50. The minimum absolute atomic E-state index is 0.0572. The van der Waals surface area contributed by atoms with Crippen LogP contribution in [0, 0.1) is 12.0 Å². The summed E-state index contributed by atoms with van der Waals surface area (Å²) in [7, 11) is 0. The van der Waals surface area contributed by atoms with E-state index < -0.39 is 0 Å². The van der Waals surface area contributed by atoms with Crippen molar-refractivity contribution in [3.63, 3.8) is 0 Å². The highest BCUT2D eigenvalue weighted by molar-refractivity contribution is 5.95. The molecule has 3 aliphatic rings. The van der Waals surface area contributed by atoms with Gasteiger partial charge in [-0.25, -0.2) is 0 Å². The van der Waals surface area contributed by atoms with Gasteiger partial charge in [0.15, 0.2) is 11.5 Å². The first-order valence-electron chi connectivity index (χ1n) is 4.84. The second-order valence-electron chi connectivity index (χ2n) is 4.26. The van der Waals surface area contributed by atoms with Gasteiger partial charge >= 0.3 is 6.07 Å². The van der Waals surface area contributed by atoms with Crippen molar-refractivity contribution in [2.24, 2.45) is 10.9 Å². The molecule has 0 saturated carbocycles. The van der Waals surface area contributed by atoms with Gasteiger partial charge in [-0.2, -0.15) is 0 Å². The molecule has 70 valence electrons. The van der Waals surface area contributed by atoms with E-state index in [0.717, 1.165) is 17.1 Å². The number of rotatable bonds is 0. The Labute approximate surface area is 83.2 Å². The molecule has 0 aromatic rings. The quantitative estimate of drug-likeness (QED) is 0.568. The first-order chi connectivity index (χ1) is 6.62. The highest BCUT2D eigenvalue weighted by Gasteiger charge is 2.61. The van der Waals surface area contributed by atoms with Crippen LogP contribution >= 0.6 is 0 Å². The molecular weight excluding hydrogens is 174 g/mol. The van der Waals surface area contributed by atoms with Crippen LogP contribution in [0.1, 0.15) is 20.8 Å². The molecule has 1 aliphatic carbocycles. The van der Waals surface area contributed by atoms with Gasteiger partial charge in [-0.15, -0.1) is 0 Å². The van der Waals surface area contributed by atoms with E-state index in [1.54, 1.807) is 0 Å². The third-order valence-corrected chi connectivity index (χ3v) is 3.23. The molecule has 0 amide bonds. The summed E-state index contributed by atoms with van der Waals surface area (Å²) in [6.07, 6.45) is 4.21. The van der Waals surface area contributed by atoms with Crippen LogP contribution in [0.25, 0.3) is 4.95 Å². The standard InChI is InChI=1S/C11H12N3/c1-7-4-8(2)14-11(3)9(6-12-14)5-10(11)13-7/h4-5,9H,1-3H3/q+1. The Bertz CT molecular complexity index is 472. The summed E-state index contributed by atoms with van der Waals surface area (Å²) < 4.78 is 0. The van der Waals surface area contributed by atoms with E-state index in [1.165, 1.54) is 0 Å². The van der Waals surface area contributed by atoms with Crippen LogP contribution in [0.3, 0.4) is 0 Å². The minimum atomic E-state index is -0.0572. The van der Waals surface area contributed by atoms with Gasteiger partial charge < -0.3 is 0 Å². The van der Waals surface area contributed by atoms with Crippen LogP contribution in [-0.4, -0.2) is 16.3 Å². The van der Waals surface area contributed by atoms with Crippen molar-refractivity contribution < 1.29 is 0 Å². The van der Waals surface area contributed by atoms with Crippen molar-refractivity contribution in [3.8, 4) is 6.07 Å². The summed E-state index contributed by atoms with van der Waals surface area (Å²) in [5, 5.41) is 2.03. The van der Waals surface area contributed by atoms with Crippen molar-refractivity contribution in [2.75, 3.05) is 0 Å². The lowest BCUT2D eigenvalue weighted by atomic mass is 9.73. The maximum absolute atomic E-state index is 4.57. The smallest absolute Gasteiger partial charge is 0.256 e. The summed E-state index contributed by atoms with van der Waals surface area (Å²) >= 11 is 0. The molecular formula is C11H12N3+. The van der Waals surface area contributed by atoms with E-state index in [1.807, 2.05) is 11.9 Å². The predicted octanol–water partition coefficient (Wildman–Crippen LogP) is 2.20. The van der Waals surface area contributed by atoms with E-state index in [2.05, 4.69) is 42.0 Å². The van der Waals surface area contributed by atoms with Gasteiger partial charge in [0.1, 0.15) is 0 Å². The molecule has 0 saturated heterocycles. The summed E-state index contributed by atoms with van der Waals surface area (Å²) in [5.41, 5.74) is 3.27. The van der Waals surface area contributed by atoms with Gasteiger partial charge in [0.05, 0.1) is 16.3 Å². The van der Waals surface area contributed by atoms with Crippen LogP contribution in [-0.2, 0) is 0 Å². The molecule has 0 fully saturated rings. The van der Waals surface area contributed by atoms with Gasteiger partial charge in [-0.1, -0.05) is 0 Å². The molecule has 0 N–H and O–H groups in total. The van der Waals surface area contributed by atoms with Gasteiger partial charge in [0.2, 0.25) is 0 Å². The highest BCUT2D eigenvalue weighted by atomic mass is 15.5. The van der Waals surface area contributed by atoms with Gasteiger partial charge in [-0.3, -0.25) is 4.99 Å². The first kappa shape index (κ1) is 7.81. The second kappa shape index (κ2) is 2.09. The van der Waals surface area contributed by atoms with Gasteiger partial charge in [-0.05, 0) is 37.9 Å². The Morgan fingerprint density at radius 3 is 3.14 bits per heavy atom. The molecule has 2 unspecified atom stereocenters. The lowest BCUT2D eigenvalue weighted by Gasteiger charge is -2.35. The lowest BCUT2D eigenvalue weighted by molar-refractivity contribution is 0.210. The fourth-order valence-corrected chi connectivity index (χ4v) is 2.36. The Hall–Kier alpha value is -1.56. The first-order valence-corrected chi connectivity index (χ1v) is 4.84. The predicted molar refractivity (Wildman–Crippen MR) is 55.9 cm³/mol. The topological polar surface area (TPSA) is 20.0 Å². The van der Waals surface area contributed by atoms with Crippen molar-refractivity contribution in [1.29, 1.82) is 0 Å². The summed E-state index contributed by atoms with van der Waals surface area (Å²) in [6.45, 7) is 6.27. The van der Waals surface area contributed by atoms with Crippen LogP contribution in [0.4, 0.5) is 0 Å². The van der Waals surface area contributed by atoms with Crippen LogP contribution in [0.15, 0.2) is 28.5 Å². The Morgan fingerprint density at radius 1 is 1.57 bits per heavy atom. The largest absolute Gasteiger partial charge is 0.330 e. The highest BCUT2D eigenvalue weighted by Crippen LogP contribution is 2.49. The van der Waals surface area contributed by atoms with Crippen molar-refractivity contribution in [1.82, 2.24) is 5.01 Å². The molecule has 14 heavy (non-hydrogen) atoms. The zero-order valence-electron chi connectivity index (χ0n) is 8.57. The molecule has 3 heteroatoms. The van der Waals surface area contributed by atoms with E-state index in [0.29, 0.717) is 5.92 Å². The monoisotopic (exact) mass is 186 g/mol. The van der Waals surface area contributed by atoms with Crippen molar-refractivity contribution in [3.05, 3.63) is 28.5 Å². The van der Waals surface area contributed by atoms with Crippen LogP contribution < -0.4 is 0 Å². The number of aliphatic imine (C=N–C) groups is 1. The fourth-order valence-electron chi connectivity index (χ4n) is 2.36. The molecule has 0 aromatic heterocycles. The summed E-state index contributed by atoms with van der Waals surface area (Å²) in [4.78, 5) is 8.88. The molecule has 2 aliphatic heterocycles. The van der Waals surface area contributed by atoms with E-state index >= 15 is 0 Å². The van der Waals surface area contributed by atoms with Crippen molar-refractivity contribution >= 4 is 5.71 Å². The minimum Gasteiger partial charge on any atom is -0.256 e. The maximum atomic E-state index is 4.57. The van der Waals surface area contributed by atoms with Gasteiger partial charge in [0, 0.05) is 5.71 Å². The zero-order chi connectivity index (χ0) is 9.92. The average Bonchev–Trinajstić information content (AvgIpc) is 2.35. The number of hydrogen-bond acceptors (Lipinski definition) is 2. The SMILES string of the molecule is CC1=CC(C)=NC2=CC3C#[N+]N1C23C. The number of allylic oxidation sites excluding steroid dienone is 2. The summed E-state index contributed by atoms with van der Waals surface area (Å²) in [5.74, 6) is 0.315. The molecule has 0 bridgehead atoms. The van der Waals surface area contributed by atoms with E-state index in [4.69, 9.17) is 0 Å². The zero-order valence-corrected chi connectivity index (χ0v) is 8.57.